The monoisotopic (exact) mass is 645 g/mol. The minimum absolute atomic E-state index is 0.0590. The Kier molecular flexibility index (Phi) is 10.1. The van der Waals surface area contributed by atoms with Crippen LogP contribution in [0.3, 0.4) is 0 Å². The largest absolute Gasteiger partial charge is 0.372 e. The van der Waals surface area contributed by atoms with Gasteiger partial charge in [-0.1, -0.05) is 143 Å². The van der Waals surface area contributed by atoms with Gasteiger partial charge >= 0.3 is 0 Å². The maximum Gasteiger partial charge on any atom is 0.126 e. The van der Waals surface area contributed by atoms with Crippen molar-refractivity contribution in [3.63, 3.8) is 0 Å². The zero-order valence-electron chi connectivity index (χ0n) is 24.8. The molecule has 222 valence electrons. The third kappa shape index (κ3) is 7.62. The number of piperidine rings is 1. The van der Waals surface area contributed by atoms with E-state index in [1.807, 2.05) is 18.2 Å². The highest BCUT2D eigenvalue weighted by Gasteiger charge is 2.32. The van der Waals surface area contributed by atoms with E-state index in [1.54, 1.807) is 12.1 Å². The van der Waals surface area contributed by atoms with Crippen LogP contribution < -0.4 is 0 Å². The van der Waals surface area contributed by atoms with Crippen LogP contribution in [0.1, 0.15) is 34.6 Å². The first-order valence-corrected chi connectivity index (χ1v) is 16.4. The van der Waals surface area contributed by atoms with Gasteiger partial charge in [0.25, 0.3) is 0 Å². The molecule has 1 aliphatic heterocycles. The van der Waals surface area contributed by atoms with Crippen molar-refractivity contribution in [2.24, 2.45) is 0 Å². The number of alkyl halides is 1. The Bertz CT molecular complexity index is 1810. The first kappa shape index (κ1) is 30.2. The molecule has 6 aromatic carbocycles. The molecule has 6 aromatic rings. The van der Waals surface area contributed by atoms with Gasteiger partial charge in [-0.05, 0) is 68.9 Å². The van der Waals surface area contributed by atoms with Crippen LogP contribution in [0.15, 0.2) is 140 Å². The van der Waals surface area contributed by atoms with Crippen LogP contribution in [0, 0.1) is 5.82 Å². The average Bonchev–Trinajstić information content (AvgIpc) is 3.08. The van der Waals surface area contributed by atoms with E-state index in [0.717, 1.165) is 42.5 Å². The molecule has 44 heavy (non-hydrogen) atoms. The third-order valence-electron chi connectivity index (χ3n) is 8.44. The lowest BCUT2D eigenvalue weighted by atomic mass is 9.86. The van der Waals surface area contributed by atoms with Crippen LogP contribution in [0.4, 0.5) is 4.39 Å². The smallest absolute Gasteiger partial charge is 0.126 e. The number of halogens is 2. The lowest BCUT2D eigenvalue weighted by molar-refractivity contribution is -0.0270. The molecule has 2 atom stereocenters. The molecule has 4 heteroatoms. The number of ether oxygens (including phenoxy) is 1. The minimum atomic E-state index is -0.131. The first-order chi connectivity index (χ1) is 21.7. The van der Waals surface area contributed by atoms with E-state index in [2.05, 4.69) is 130 Å². The molecule has 0 amide bonds. The van der Waals surface area contributed by atoms with E-state index in [1.165, 1.54) is 32.7 Å². The summed E-state index contributed by atoms with van der Waals surface area (Å²) in [5, 5.41) is 6.00. The Hall–Kier alpha value is -3.83. The van der Waals surface area contributed by atoms with Gasteiger partial charge in [0.15, 0.2) is 0 Å². The van der Waals surface area contributed by atoms with E-state index >= 15 is 0 Å². The number of hydrogen-bond donors (Lipinski definition) is 0. The standard InChI is InChI=1S/C29H28FNO.C11H9Br/c30-28-13-7-6-12-26(28)27-16-17-31(19-22-8-2-1-3-9-22)20-29(27)32-21-23-14-15-24-10-4-5-11-25(24)18-23;12-8-9-5-6-10-3-1-2-4-11(10)7-9/h1-15,18,27,29H,16-17,19-21H2;1-7H,8H2. The fourth-order valence-electron chi connectivity index (χ4n) is 6.12. The number of rotatable bonds is 7. The van der Waals surface area contributed by atoms with Crippen molar-refractivity contribution in [2.75, 3.05) is 13.1 Å². The summed E-state index contributed by atoms with van der Waals surface area (Å²) in [6.45, 7) is 3.14. The maximum absolute atomic E-state index is 14.7. The summed E-state index contributed by atoms with van der Waals surface area (Å²) >= 11 is 3.44. The van der Waals surface area contributed by atoms with Crippen LogP contribution in [0.25, 0.3) is 21.5 Å². The SMILES string of the molecule is BrCc1ccc2ccccc2c1.Fc1ccccc1C1CCN(Cc2ccccc2)CC1OCc1ccc2ccccc2c1. The van der Waals surface area contributed by atoms with Crippen molar-refractivity contribution in [1.82, 2.24) is 4.90 Å². The Labute approximate surface area is 268 Å². The fourth-order valence-corrected chi connectivity index (χ4v) is 6.47. The summed E-state index contributed by atoms with van der Waals surface area (Å²) in [7, 11) is 0. The second kappa shape index (κ2) is 14.8. The lowest BCUT2D eigenvalue weighted by Crippen LogP contribution is -2.43. The van der Waals surface area contributed by atoms with Gasteiger partial charge in [0.2, 0.25) is 0 Å². The second-order valence-corrected chi connectivity index (χ2v) is 12.0. The van der Waals surface area contributed by atoms with Gasteiger partial charge in [0, 0.05) is 24.3 Å². The molecule has 0 bridgehead atoms. The third-order valence-corrected chi connectivity index (χ3v) is 9.09. The molecule has 0 radical (unpaired) electrons. The molecule has 0 spiro atoms. The van der Waals surface area contributed by atoms with Crippen molar-refractivity contribution in [3.05, 3.63) is 168 Å². The van der Waals surface area contributed by atoms with E-state index in [-0.39, 0.29) is 17.8 Å². The van der Waals surface area contributed by atoms with E-state index in [4.69, 9.17) is 4.74 Å². The normalized spacial score (nSPS) is 16.9. The van der Waals surface area contributed by atoms with Crippen LogP contribution >= 0.6 is 15.9 Å². The van der Waals surface area contributed by atoms with Crippen molar-refractivity contribution >= 4 is 37.5 Å². The van der Waals surface area contributed by atoms with Gasteiger partial charge in [-0.25, -0.2) is 4.39 Å². The van der Waals surface area contributed by atoms with Crippen molar-refractivity contribution in [2.45, 2.75) is 36.9 Å². The Morgan fingerprint density at radius 2 is 1.23 bits per heavy atom. The van der Waals surface area contributed by atoms with Gasteiger partial charge < -0.3 is 4.74 Å². The van der Waals surface area contributed by atoms with Crippen LogP contribution in [-0.2, 0) is 23.2 Å². The zero-order valence-corrected chi connectivity index (χ0v) is 26.4. The van der Waals surface area contributed by atoms with Gasteiger partial charge in [-0.3, -0.25) is 4.90 Å². The van der Waals surface area contributed by atoms with E-state index in [0.29, 0.717) is 6.61 Å². The highest BCUT2D eigenvalue weighted by atomic mass is 79.9. The summed E-state index contributed by atoms with van der Waals surface area (Å²) in [4.78, 5) is 2.43. The molecule has 1 aliphatic rings. The van der Waals surface area contributed by atoms with Gasteiger partial charge in [-0.2, -0.15) is 0 Å². The first-order valence-electron chi connectivity index (χ1n) is 15.3. The molecule has 2 nitrogen and oxygen atoms in total. The van der Waals surface area contributed by atoms with Crippen molar-refractivity contribution in [3.8, 4) is 0 Å². The molecule has 0 saturated carbocycles. The van der Waals surface area contributed by atoms with Gasteiger partial charge in [0.05, 0.1) is 12.7 Å². The highest BCUT2D eigenvalue weighted by molar-refractivity contribution is 9.08. The summed E-state index contributed by atoms with van der Waals surface area (Å²) in [6.07, 6.45) is 0.826. The van der Waals surface area contributed by atoms with Crippen LogP contribution in [0.2, 0.25) is 0 Å². The molecular weight excluding hydrogens is 609 g/mol. The Morgan fingerprint density at radius 1 is 0.636 bits per heavy atom. The van der Waals surface area contributed by atoms with Gasteiger partial charge in [-0.15, -0.1) is 0 Å². The average molecular weight is 647 g/mol. The molecule has 0 aliphatic carbocycles. The zero-order chi connectivity index (χ0) is 30.1. The Morgan fingerprint density at radius 3 is 1.91 bits per heavy atom. The van der Waals surface area contributed by atoms with E-state index < -0.39 is 0 Å². The molecule has 7 rings (SSSR count). The Balaban J connectivity index is 0.000000238. The number of likely N-dealkylation sites (tertiary alicyclic amines) is 1. The predicted octanol–water partition coefficient (Wildman–Crippen LogP) is 10.3. The van der Waals surface area contributed by atoms with Gasteiger partial charge in [0.1, 0.15) is 5.82 Å². The molecule has 1 fully saturated rings. The molecule has 0 aromatic heterocycles. The predicted molar refractivity (Wildman–Crippen MR) is 185 cm³/mol. The summed E-state index contributed by atoms with van der Waals surface area (Å²) < 4.78 is 21.2. The number of benzene rings is 6. The van der Waals surface area contributed by atoms with Crippen molar-refractivity contribution in [1.29, 1.82) is 0 Å². The molecule has 0 N–H and O–H groups in total. The summed E-state index contributed by atoms with van der Waals surface area (Å²) in [5.74, 6) is -0.0722. The quantitative estimate of drug-likeness (QED) is 0.160. The molecular formula is C40H37BrFNO. The highest BCUT2D eigenvalue weighted by Crippen LogP contribution is 2.33. The molecule has 1 saturated heterocycles. The summed E-state index contributed by atoms with van der Waals surface area (Å²) in [6, 6.07) is 47.4. The van der Waals surface area contributed by atoms with Crippen LogP contribution in [0.5, 0.6) is 0 Å². The second-order valence-electron chi connectivity index (χ2n) is 11.5. The maximum atomic E-state index is 14.7. The lowest BCUT2D eigenvalue weighted by Gasteiger charge is -2.39. The van der Waals surface area contributed by atoms with E-state index in [9.17, 15) is 4.39 Å². The molecule has 2 unspecified atom stereocenters. The number of hydrogen-bond acceptors (Lipinski definition) is 2. The van der Waals surface area contributed by atoms with Crippen molar-refractivity contribution < 1.29 is 9.13 Å². The number of fused-ring (bicyclic) bond motifs is 2. The topological polar surface area (TPSA) is 12.5 Å². The number of nitrogens with zero attached hydrogens (tertiary/aromatic N) is 1. The van der Waals surface area contributed by atoms with Crippen LogP contribution in [-0.4, -0.2) is 24.1 Å². The minimum Gasteiger partial charge on any atom is -0.372 e. The molecule has 1 heterocycles. The fraction of sp³-hybridized carbons (Fsp3) is 0.200. The summed E-state index contributed by atoms with van der Waals surface area (Å²) in [5.41, 5.74) is 4.55.